The molecule has 3 aliphatic carbocycles. The first kappa shape index (κ1) is 44.1. The lowest BCUT2D eigenvalue weighted by Crippen LogP contribution is -2.61. The molecule has 2 amide bonds. The Labute approximate surface area is 339 Å². The zero-order chi connectivity index (χ0) is 41.6. The van der Waals surface area contributed by atoms with Crippen molar-refractivity contribution in [2.45, 2.75) is 77.5 Å². The Bertz CT molecular complexity index is 1800. The van der Waals surface area contributed by atoms with Crippen LogP contribution in [0.2, 0.25) is 0 Å². The minimum absolute atomic E-state index is 0.0527. The number of para-hydroxylation sites is 1. The summed E-state index contributed by atoms with van der Waals surface area (Å²) in [5, 5.41) is 29.5. The third-order valence-corrected chi connectivity index (χ3v) is 12.1. The van der Waals surface area contributed by atoms with Gasteiger partial charge in [0.25, 0.3) is 5.91 Å². The van der Waals surface area contributed by atoms with Gasteiger partial charge in [-0.3, -0.25) is 14.4 Å². The van der Waals surface area contributed by atoms with Crippen molar-refractivity contribution in [3.8, 4) is 16.9 Å². The number of nitrogens with one attached hydrogen (secondary N) is 2. The van der Waals surface area contributed by atoms with Crippen LogP contribution in [0.15, 0.2) is 66.7 Å². The molecule has 3 fully saturated rings. The molecule has 12 nitrogen and oxygen atoms in total. The van der Waals surface area contributed by atoms with E-state index in [1.807, 2.05) is 105 Å². The number of hydroxylamine groups is 2. The number of nitrogens with zero attached hydrogens (tertiary/aromatic N) is 3. The van der Waals surface area contributed by atoms with Crippen LogP contribution in [0.3, 0.4) is 0 Å². The molecule has 3 aromatic carbocycles. The number of nitrogens with two attached hydrogens (primary N) is 1. The number of anilines is 1. The molecule has 57 heavy (non-hydrogen) atoms. The SMILES string of the molecule is COc1c(CN(CC(=O)N[C@H]2C[C@@H]3C[C@H]([C@@H]2C)C3(C)C)O[C@H]([CH][C@H](C)O)CN)cccc1-c1cc(C(=O)N[C@H](CN(C)C)[C@H](O)c2ccccc2)cc(N(C)C)c1. The summed E-state index contributed by atoms with van der Waals surface area (Å²) in [6.45, 7) is 9.23. The lowest BCUT2D eigenvalue weighted by molar-refractivity contribution is -0.197. The number of fused-ring (bicyclic) bond motifs is 2. The molecule has 1 radical (unpaired) electrons. The molecule has 6 N–H and O–H groups in total. The summed E-state index contributed by atoms with van der Waals surface area (Å²) in [6.07, 6.45) is 1.48. The van der Waals surface area contributed by atoms with Crippen molar-refractivity contribution in [2.75, 3.05) is 59.8 Å². The number of methoxy groups -OCH3 is 1. The van der Waals surface area contributed by atoms with Crippen LogP contribution in [0.1, 0.15) is 68.1 Å². The minimum Gasteiger partial charge on any atom is -0.496 e. The fraction of sp³-hybridized carbons (Fsp3) is 0.533. The Kier molecular flexibility index (Phi) is 14.8. The molecule has 0 unspecified atom stereocenters. The number of hydrogen-bond donors (Lipinski definition) is 5. The summed E-state index contributed by atoms with van der Waals surface area (Å²) < 4.78 is 6.09. The van der Waals surface area contributed by atoms with Gasteiger partial charge in [-0.1, -0.05) is 69.3 Å². The molecule has 12 heteroatoms. The highest BCUT2D eigenvalue weighted by molar-refractivity contribution is 5.97. The molecule has 311 valence electrons. The number of benzene rings is 3. The number of carbonyl (C=O) groups is 2. The fourth-order valence-corrected chi connectivity index (χ4v) is 8.82. The zero-order valence-corrected chi connectivity index (χ0v) is 35.2. The third kappa shape index (κ3) is 10.7. The van der Waals surface area contributed by atoms with Gasteiger partial charge in [-0.2, -0.15) is 5.06 Å². The number of aliphatic hydroxyl groups excluding tert-OH is 2. The maximum Gasteiger partial charge on any atom is 0.251 e. The second-order valence-electron chi connectivity index (χ2n) is 17.1. The number of hydrogen-bond acceptors (Lipinski definition) is 10. The van der Waals surface area contributed by atoms with Crippen LogP contribution in [0.5, 0.6) is 5.75 Å². The van der Waals surface area contributed by atoms with E-state index in [4.69, 9.17) is 15.3 Å². The van der Waals surface area contributed by atoms with Gasteiger partial charge in [-0.05, 0) is 86.4 Å². The smallest absolute Gasteiger partial charge is 0.251 e. The molecule has 0 aliphatic heterocycles. The summed E-state index contributed by atoms with van der Waals surface area (Å²) in [4.78, 5) is 37.9. The lowest BCUT2D eigenvalue weighted by atomic mass is 9.45. The average Bonchev–Trinajstić information content (AvgIpc) is 3.17. The van der Waals surface area contributed by atoms with Crippen molar-refractivity contribution in [1.29, 1.82) is 0 Å². The van der Waals surface area contributed by atoms with E-state index in [0.29, 0.717) is 41.0 Å². The second kappa shape index (κ2) is 19.1. The monoisotopic (exact) mass is 785 g/mol. The van der Waals surface area contributed by atoms with Gasteiger partial charge in [0, 0.05) is 62.0 Å². The van der Waals surface area contributed by atoms with Crippen molar-refractivity contribution in [3.05, 3.63) is 89.8 Å². The van der Waals surface area contributed by atoms with Gasteiger partial charge >= 0.3 is 0 Å². The van der Waals surface area contributed by atoms with Crippen molar-refractivity contribution in [2.24, 2.45) is 28.9 Å². The summed E-state index contributed by atoms with van der Waals surface area (Å²) in [5.74, 6) is 1.65. The molecule has 0 saturated heterocycles. The molecule has 3 saturated carbocycles. The number of ether oxygens (including phenoxy) is 1. The van der Waals surface area contributed by atoms with Gasteiger partial charge in [0.1, 0.15) is 18.4 Å². The van der Waals surface area contributed by atoms with Crippen molar-refractivity contribution >= 4 is 17.5 Å². The molecule has 0 spiro atoms. The Morgan fingerprint density at radius 2 is 1.74 bits per heavy atom. The van der Waals surface area contributed by atoms with E-state index in [2.05, 4.69) is 31.4 Å². The van der Waals surface area contributed by atoms with E-state index in [1.165, 1.54) is 6.42 Å². The zero-order valence-electron chi connectivity index (χ0n) is 35.2. The van der Waals surface area contributed by atoms with Crippen LogP contribution in [-0.2, 0) is 16.2 Å². The number of aliphatic hydroxyl groups is 2. The molecule has 2 bridgehead atoms. The number of rotatable bonds is 19. The molecule has 3 aliphatic rings. The van der Waals surface area contributed by atoms with E-state index < -0.39 is 24.4 Å². The van der Waals surface area contributed by atoms with E-state index in [-0.39, 0.29) is 37.5 Å². The largest absolute Gasteiger partial charge is 0.496 e. The molecule has 6 rings (SSSR count). The van der Waals surface area contributed by atoms with Crippen LogP contribution in [0.4, 0.5) is 5.69 Å². The minimum atomic E-state index is -0.918. The summed E-state index contributed by atoms with van der Waals surface area (Å²) in [6, 6.07) is 20.3. The van der Waals surface area contributed by atoms with Crippen LogP contribution < -0.4 is 26.0 Å². The van der Waals surface area contributed by atoms with Crippen LogP contribution >= 0.6 is 0 Å². The predicted octanol–water partition coefficient (Wildman–Crippen LogP) is 4.65. The number of amides is 2. The summed E-state index contributed by atoms with van der Waals surface area (Å²) in [5.41, 5.74) is 10.6. The highest BCUT2D eigenvalue weighted by atomic mass is 16.7. The Balaban J connectivity index is 1.42. The molecule has 3 aromatic rings. The Morgan fingerprint density at radius 1 is 1.02 bits per heavy atom. The van der Waals surface area contributed by atoms with Gasteiger partial charge in [0.15, 0.2) is 0 Å². The van der Waals surface area contributed by atoms with Gasteiger partial charge in [0.2, 0.25) is 5.91 Å². The topological polar surface area (TPSA) is 153 Å². The van der Waals surface area contributed by atoms with Crippen LogP contribution in [0, 0.1) is 29.6 Å². The molecular weight excluding hydrogens is 721 g/mol. The molecule has 0 heterocycles. The maximum absolute atomic E-state index is 14.0. The summed E-state index contributed by atoms with van der Waals surface area (Å²) in [7, 11) is 9.24. The predicted molar refractivity (Wildman–Crippen MR) is 225 cm³/mol. The maximum atomic E-state index is 14.0. The van der Waals surface area contributed by atoms with Gasteiger partial charge in [-0.25, -0.2) is 0 Å². The highest BCUT2D eigenvalue weighted by Crippen LogP contribution is 2.61. The van der Waals surface area contributed by atoms with E-state index in [1.54, 1.807) is 25.5 Å². The first-order valence-corrected chi connectivity index (χ1v) is 20.1. The van der Waals surface area contributed by atoms with Crippen LogP contribution in [-0.4, -0.2) is 111 Å². The van der Waals surface area contributed by atoms with Crippen molar-refractivity contribution in [1.82, 2.24) is 20.6 Å². The summed E-state index contributed by atoms with van der Waals surface area (Å²) >= 11 is 0. The first-order valence-electron chi connectivity index (χ1n) is 20.1. The van der Waals surface area contributed by atoms with E-state index in [9.17, 15) is 19.8 Å². The van der Waals surface area contributed by atoms with Gasteiger partial charge < -0.3 is 41.1 Å². The molecular formula is C45H65N6O6. The highest BCUT2D eigenvalue weighted by Gasteiger charge is 2.56. The molecule has 0 aromatic heterocycles. The van der Waals surface area contributed by atoms with Gasteiger partial charge in [0.05, 0.1) is 31.9 Å². The second-order valence-corrected chi connectivity index (χ2v) is 17.1. The standard InChI is InChI=1S/C45H65N6O6/c1-28(52)18-36(24-46)57-51(27-41(53)47-39-23-34-22-38(29(39)2)45(34,3)4)25-31-16-13-17-37(43(31)56-9)32-19-33(21-35(20-32)50(7)8)44(55)48-40(26-49(5)6)42(54)30-14-11-10-12-15-30/h10-21,28-29,34,36,38-40,42,52,54H,22-27,46H2,1-9H3,(H,47,53)(H,48,55)/t28-,29-,34-,36+,38+,39-,40+,42+/m0/s1. The third-order valence-electron chi connectivity index (χ3n) is 12.1. The quantitative estimate of drug-likeness (QED) is 0.109. The van der Waals surface area contributed by atoms with Crippen molar-refractivity contribution < 1.29 is 29.4 Å². The number of carbonyl (C=O) groups excluding carboxylic acids is 2. The normalized spacial score (nSPS) is 21.9. The van der Waals surface area contributed by atoms with Gasteiger partial charge in [-0.15, -0.1) is 0 Å². The molecule has 8 atom stereocenters. The van der Waals surface area contributed by atoms with E-state index >= 15 is 0 Å². The van der Waals surface area contributed by atoms with Crippen LogP contribution in [0.25, 0.3) is 11.1 Å². The fourth-order valence-electron chi connectivity index (χ4n) is 8.82. The Hall–Kier alpha value is -4.04. The first-order chi connectivity index (χ1) is 27.0. The number of likely N-dealkylation sites (N-methyl/N-ethyl adjacent to an activating group) is 1. The van der Waals surface area contributed by atoms with Crippen molar-refractivity contribution in [3.63, 3.8) is 0 Å². The average molecular weight is 786 g/mol. The Morgan fingerprint density at radius 3 is 2.33 bits per heavy atom. The van der Waals surface area contributed by atoms with E-state index in [0.717, 1.165) is 34.4 Å². The lowest BCUT2D eigenvalue weighted by Gasteiger charge is -2.62.